The molecular formula is C31H38F6O3. The summed E-state index contributed by atoms with van der Waals surface area (Å²) in [6.07, 6.45) is 3.78. The van der Waals surface area contributed by atoms with Gasteiger partial charge in [-0.05, 0) is 98.4 Å². The maximum Gasteiger partial charge on any atom is 0.400 e. The molecule has 2 aromatic rings. The number of alkyl halides is 3. The fourth-order valence-corrected chi connectivity index (χ4v) is 6.44. The predicted octanol–water partition coefficient (Wildman–Crippen LogP) is 8.82. The number of hydrogen-bond donors (Lipinski definition) is 1. The van der Waals surface area contributed by atoms with Crippen molar-refractivity contribution in [3.05, 3.63) is 53.3 Å². The lowest BCUT2D eigenvalue weighted by Crippen LogP contribution is -2.37. The summed E-state index contributed by atoms with van der Waals surface area (Å²) in [5.41, 5.74) is -1.14. The van der Waals surface area contributed by atoms with Crippen LogP contribution in [0.4, 0.5) is 26.3 Å². The predicted molar refractivity (Wildman–Crippen MR) is 140 cm³/mol. The Labute approximate surface area is 231 Å². The van der Waals surface area contributed by atoms with E-state index in [-0.39, 0.29) is 36.5 Å². The van der Waals surface area contributed by atoms with Crippen molar-refractivity contribution in [2.45, 2.75) is 77.5 Å². The molecule has 0 aromatic heterocycles. The first-order valence-corrected chi connectivity index (χ1v) is 14.2. The van der Waals surface area contributed by atoms with Crippen molar-refractivity contribution in [1.82, 2.24) is 0 Å². The van der Waals surface area contributed by atoms with Crippen molar-refractivity contribution >= 4 is 0 Å². The third kappa shape index (κ3) is 7.52. The SMILES string of the molecule is CC1CCC(C(COCO)CC2CCC(C(F)(F)Oc3ccc(-c4cc(F)c(CF)c(F)c4)c(F)c3)CC2)CC1. The van der Waals surface area contributed by atoms with Crippen LogP contribution in [0.15, 0.2) is 30.3 Å². The average Bonchev–Trinajstić information content (AvgIpc) is 2.91. The van der Waals surface area contributed by atoms with Gasteiger partial charge in [0.25, 0.3) is 0 Å². The Hall–Kier alpha value is -2.26. The zero-order chi connectivity index (χ0) is 28.9. The first-order valence-electron chi connectivity index (χ1n) is 14.2. The number of rotatable bonds is 11. The molecule has 0 spiro atoms. The van der Waals surface area contributed by atoms with E-state index < -0.39 is 41.7 Å². The van der Waals surface area contributed by atoms with Crippen molar-refractivity contribution in [3.63, 3.8) is 0 Å². The topological polar surface area (TPSA) is 38.7 Å². The smallest absolute Gasteiger partial charge is 0.400 e. The molecule has 0 bridgehead atoms. The number of hydrogen-bond acceptors (Lipinski definition) is 3. The molecule has 9 heteroatoms. The lowest BCUT2D eigenvalue weighted by atomic mass is 9.71. The third-order valence-electron chi connectivity index (χ3n) is 8.89. The van der Waals surface area contributed by atoms with Gasteiger partial charge in [0.05, 0.1) is 18.1 Å². The van der Waals surface area contributed by atoms with E-state index in [1.165, 1.54) is 12.8 Å². The second-order valence-electron chi connectivity index (χ2n) is 11.6. The van der Waals surface area contributed by atoms with E-state index in [2.05, 4.69) is 6.92 Å². The first kappa shape index (κ1) is 30.7. The summed E-state index contributed by atoms with van der Waals surface area (Å²) in [5, 5.41) is 9.15. The van der Waals surface area contributed by atoms with Crippen LogP contribution in [0.3, 0.4) is 0 Å². The van der Waals surface area contributed by atoms with Crippen molar-refractivity contribution < 1.29 is 40.9 Å². The molecule has 0 saturated heterocycles. The molecule has 1 atom stereocenters. The summed E-state index contributed by atoms with van der Waals surface area (Å²) in [6, 6.07) is 4.62. The van der Waals surface area contributed by atoms with Crippen LogP contribution in [-0.4, -0.2) is 24.6 Å². The van der Waals surface area contributed by atoms with Crippen LogP contribution in [-0.2, 0) is 11.4 Å². The van der Waals surface area contributed by atoms with Gasteiger partial charge < -0.3 is 14.6 Å². The highest BCUT2D eigenvalue weighted by molar-refractivity contribution is 5.65. The minimum absolute atomic E-state index is 0.174. The monoisotopic (exact) mass is 572 g/mol. The fraction of sp³-hybridized carbons (Fsp3) is 0.613. The van der Waals surface area contributed by atoms with Gasteiger partial charge in [0.1, 0.15) is 36.7 Å². The van der Waals surface area contributed by atoms with Crippen LogP contribution in [0.2, 0.25) is 0 Å². The zero-order valence-electron chi connectivity index (χ0n) is 22.8. The molecule has 4 rings (SSSR count). The van der Waals surface area contributed by atoms with Gasteiger partial charge in [-0.15, -0.1) is 0 Å². The fourth-order valence-electron chi connectivity index (χ4n) is 6.44. The molecule has 0 amide bonds. The van der Waals surface area contributed by atoms with Gasteiger partial charge >= 0.3 is 6.11 Å². The largest absolute Gasteiger partial charge is 0.432 e. The summed E-state index contributed by atoms with van der Waals surface area (Å²) in [5.74, 6) is -2.87. The Balaban J connectivity index is 1.35. The van der Waals surface area contributed by atoms with Gasteiger partial charge in [0.15, 0.2) is 0 Å². The number of aliphatic hydroxyl groups excluding tert-OH is 1. The van der Waals surface area contributed by atoms with E-state index in [0.717, 1.165) is 55.5 Å². The molecule has 2 aliphatic rings. The number of ether oxygens (including phenoxy) is 2. The van der Waals surface area contributed by atoms with Crippen LogP contribution in [0.1, 0.15) is 70.3 Å². The second-order valence-corrected chi connectivity index (χ2v) is 11.6. The molecule has 2 saturated carbocycles. The molecule has 2 aliphatic carbocycles. The minimum Gasteiger partial charge on any atom is -0.432 e. The Kier molecular flexibility index (Phi) is 10.4. The standard InChI is InChI=1S/C31H38F6O3/c1-19-2-6-21(7-3-19)23(17-39-18-38)12-20-4-8-24(9-5-20)31(36,37)40-25-10-11-26(30(35)15-25)22-13-28(33)27(16-32)29(34)14-22/h10-11,13-15,19-21,23-24,38H,2-9,12,16-18H2,1H3. The van der Waals surface area contributed by atoms with Gasteiger partial charge in [-0.2, -0.15) is 8.78 Å². The van der Waals surface area contributed by atoms with E-state index in [9.17, 15) is 17.6 Å². The van der Waals surface area contributed by atoms with Crippen LogP contribution in [0.5, 0.6) is 5.75 Å². The van der Waals surface area contributed by atoms with Crippen LogP contribution < -0.4 is 4.74 Å². The van der Waals surface area contributed by atoms with Crippen molar-refractivity contribution in [2.24, 2.45) is 29.6 Å². The van der Waals surface area contributed by atoms with Crippen molar-refractivity contribution in [2.75, 3.05) is 13.4 Å². The van der Waals surface area contributed by atoms with Gasteiger partial charge in [-0.3, -0.25) is 0 Å². The van der Waals surface area contributed by atoms with E-state index >= 15 is 8.78 Å². The molecule has 0 aliphatic heterocycles. The normalized spacial score (nSPS) is 24.6. The molecule has 1 N–H and O–H groups in total. The van der Waals surface area contributed by atoms with E-state index in [0.29, 0.717) is 37.2 Å². The van der Waals surface area contributed by atoms with Gasteiger partial charge in [0, 0.05) is 11.6 Å². The van der Waals surface area contributed by atoms with Gasteiger partial charge in [-0.25, -0.2) is 17.6 Å². The quantitative estimate of drug-likeness (QED) is 0.216. The summed E-state index contributed by atoms with van der Waals surface area (Å²) >= 11 is 0. The van der Waals surface area contributed by atoms with E-state index in [4.69, 9.17) is 14.6 Å². The summed E-state index contributed by atoms with van der Waals surface area (Å²) in [6.45, 7) is 1.08. The Bertz CT molecular complexity index is 1090. The van der Waals surface area contributed by atoms with E-state index in [1.807, 2.05) is 0 Å². The summed E-state index contributed by atoms with van der Waals surface area (Å²) < 4.78 is 96.0. The van der Waals surface area contributed by atoms with Crippen molar-refractivity contribution in [3.8, 4) is 16.9 Å². The molecule has 0 heterocycles. The Morgan fingerprint density at radius 1 is 0.900 bits per heavy atom. The number of benzene rings is 2. The van der Waals surface area contributed by atoms with Crippen LogP contribution >= 0.6 is 0 Å². The zero-order valence-corrected chi connectivity index (χ0v) is 22.8. The molecule has 3 nitrogen and oxygen atoms in total. The van der Waals surface area contributed by atoms with E-state index in [1.54, 1.807) is 0 Å². The maximum absolute atomic E-state index is 15.1. The summed E-state index contributed by atoms with van der Waals surface area (Å²) in [4.78, 5) is 0. The highest BCUT2D eigenvalue weighted by atomic mass is 19.3. The number of aliphatic hydroxyl groups is 1. The molecule has 2 aromatic carbocycles. The lowest BCUT2D eigenvalue weighted by Gasteiger charge is -2.37. The Morgan fingerprint density at radius 3 is 2.12 bits per heavy atom. The molecule has 2 fully saturated rings. The Morgan fingerprint density at radius 2 is 1.55 bits per heavy atom. The molecule has 1 unspecified atom stereocenters. The van der Waals surface area contributed by atoms with Crippen molar-refractivity contribution in [1.29, 1.82) is 0 Å². The third-order valence-corrected chi connectivity index (χ3v) is 8.89. The van der Waals surface area contributed by atoms with Crippen LogP contribution in [0.25, 0.3) is 11.1 Å². The highest BCUT2D eigenvalue weighted by Crippen LogP contribution is 2.44. The van der Waals surface area contributed by atoms with Crippen LogP contribution in [0, 0.1) is 47.0 Å². The van der Waals surface area contributed by atoms with Gasteiger partial charge in [0.2, 0.25) is 0 Å². The number of halogens is 6. The maximum atomic E-state index is 15.1. The molecule has 40 heavy (non-hydrogen) atoms. The summed E-state index contributed by atoms with van der Waals surface area (Å²) in [7, 11) is 0. The molecule has 0 radical (unpaired) electrons. The minimum atomic E-state index is -3.52. The first-order chi connectivity index (χ1) is 19.1. The molecule has 222 valence electrons. The second kappa shape index (κ2) is 13.6. The molecular weight excluding hydrogens is 534 g/mol. The highest BCUT2D eigenvalue weighted by Gasteiger charge is 2.44. The van der Waals surface area contributed by atoms with Gasteiger partial charge in [-0.1, -0.05) is 19.8 Å². The lowest BCUT2D eigenvalue weighted by molar-refractivity contribution is -0.223. The average molecular weight is 573 g/mol.